The average Bonchev–Trinajstić information content (AvgIpc) is 2.28. The molecule has 0 aromatic rings. The zero-order chi connectivity index (χ0) is 13.3. The van der Waals surface area contributed by atoms with Crippen molar-refractivity contribution < 1.29 is 13.6 Å². The summed E-state index contributed by atoms with van der Waals surface area (Å²) >= 11 is 0. The van der Waals surface area contributed by atoms with Crippen LogP contribution < -0.4 is 5.73 Å². The molecule has 0 aromatic carbocycles. The molecule has 7 heteroatoms. The zero-order valence-electron chi connectivity index (χ0n) is 10.6. The lowest BCUT2D eigenvalue weighted by molar-refractivity contribution is 0.301. The molecule has 0 aromatic heterocycles. The van der Waals surface area contributed by atoms with Gasteiger partial charge in [0.15, 0.2) is 9.84 Å². The lowest BCUT2D eigenvalue weighted by Crippen LogP contribution is -2.33. The van der Waals surface area contributed by atoms with Crippen molar-refractivity contribution >= 4 is 15.7 Å². The highest BCUT2D eigenvalue weighted by Gasteiger charge is 2.12. The van der Waals surface area contributed by atoms with Gasteiger partial charge in [-0.2, -0.15) is 0 Å². The van der Waals surface area contributed by atoms with E-state index in [1.54, 1.807) is 0 Å². The molecule has 0 aliphatic carbocycles. The second kappa shape index (κ2) is 8.30. The Morgan fingerprint density at radius 2 is 1.94 bits per heavy atom. The fourth-order valence-electron chi connectivity index (χ4n) is 1.43. The number of rotatable bonds is 9. The van der Waals surface area contributed by atoms with Crippen molar-refractivity contribution in [3.8, 4) is 0 Å². The molecule has 0 radical (unpaired) electrons. The van der Waals surface area contributed by atoms with Crippen LogP contribution >= 0.6 is 0 Å². The monoisotopic (exact) mass is 265 g/mol. The third-order valence-electron chi connectivity index (χ3n) is 2.49. The van der Waals surface area contributed by atoms with E-state index >= 15 is 0 Å². The van der Waals surface area contributed by atoms with E-state index in [0.717, 1.165) is 6.54 Å². The van der Waals surface area contributed by atoms with Crippen molar-refractivity contribution in [3.63, 3.8) is 0 Å². The maximum Gasteiger partial charge on any atom is 0.151 e. The van der Waals surface area contributed by atoms with Gasteiger partial charge in [-0.1, -0.05) is 19.0 Å². The minimum atomic E-state index is -2.93. The molecular weight excluding hydrogens is 242 g/mol. The first-order valence-corrected chi connectivity index (χ1v) is 7.66. The topological polar surface area (TPSA) is 96.0 Å². The molecule has 0 amide bonds. The van der Waals surface area contributed by atoms with Crippen LogP contribution in [0.5, 0.6) is 0 Å². The summed E-state index contributed by atoms with van der Waals surface area (Å²) in [5.74, 6) is 0.579. The normalized spacial score (nSPS) is 13.2. The summed E-state index contributed by atoms with van der Waals surface area (Å²) in [6, 6.07) is 0. The zero-order valence-corrected chi connectivity index (χ0v) is 11.4. The van der Waals surface area contributed by atoms with Gasteiger partial charge in [-0.3, -0.25) is 0 Å². The number of amidine groups is 1. The largest absolute Gasteiger partial charge is 0.409 e. The second-order valence-electron chi connectivity index (χ2n) is 3.93. The number of hydrogen-bond acceptors (Lipinski definition) is 5. The van der Waals surface area contributed by atoms with Gasteiger partial charge in [0, 0.05) is 25.3 Å². The standard InChI is InChI=1S/C10H23N3O3S/c1-3-8-17(15,16)9-7-13(4-2)6-5-10(11)12-14/h14H,3-9H2,1-2H3,(H2,11,12). The maximum atomic E-state index is 11.5. The Labute approximate surface area is 103 Å². The van der Waals surface area contributed by atoms with E-state index in [-0.39, 0.29) is 17.3 Å². The van der Waals surface area contributed by atoms with Crippen LogP contribution in [0.1, 0.15) is 26.7 Å². The minimum absolute atomic E-state index is 0.167. The summed E-state index contributed by atoms with van der Waals surface area (Å²) in [6.07, 6.45) is 1.09. The number of sulfone groups is 1. The molecule has 0 aliphatic rings. The van der Waals surface area contributed by atoms with Gasteiger partial charge >= 0.3 is 0 Å². The maximum absolute atomic E-state index is 11.5. The molecule has 0 rings (SSSR count). The fourth-order valence-corrected chi connectivity index (χ4v) is 2.79. The van der Waals surface area contributed by atoms with Crippen molar-refractivity contribution in [2.24, 2.45) is 10.9 Å². The van der Waals surface area contributed by atoms with Crippen molar-refractivity contribution in [1.29, 1.82) is 0 Å². The molecule has 0 aliphatic heterocycles. The number of hydrogen-bond donors (Lipinski definition) is 2. The molecule has 0 atom stereocenters. The molecular formula is C10H23N3O3S. The SMILES string of the molecule is CCCS(=O)(=O)CCN(CC)CCC(N)=NO. The van der Waals surface area contributed by atoms with E-state index < -0.39 is 9.84 Å². The van der Waals surface area contributed by atoms with Crippen LogP contribution in [-0.2, 0) is 9.84 Å². The van der Waals surface area contributed by atoms with Crippen molar-refractivity contribution in [1.82, 2.24) is 4.90 Å². The van der Waals surface area contributed by atoms with Crippen molar-refractivity contribution in [2.45, 2.75) is 26.7 Å². The Morgan fingerprint density at radius 3 is 2.41 bits per heavy atom. The summed E-state index contributed by atoms with van der Waals surface area (Å²) < 4.78 is 23.1. The highest BCUT2D eigenvalue weighted by atomic mass is 32.2. The number of nitrogens with zero attached hydrogens (tertiary/aromatic N) is 2. The van der Waals surface area contributed by atoms with Gasteiger partial charge in [0.2, 0.25) is 0 Å². The van der Waals surface area contributed by atoms with Gasteiger partial charge < -0.3 is 15.8 Å². The van der Waals surface area contributed by atoms with Gasteiger partial charge in [-0.15, -0.1) is 0 Å². The van der Waals surface area contributed by atoms with Crippen LogP contribution in [0.2, 0.25) is 0 Å². The third-order valence-corrected chi connectivity index (χ3v) is 4.33. The van der Waals surface area contributed by atoms with E-state index in [9.17, 15) is 8.42 Å². The number of oxime groups is 1. The van der Waals surface area contributed by atoms with Gasteiger partial charge in [-0.25, -0.2) is 8.42 Å². The van der Waals surface area contributed by atoms with E-state index in [4.69, 9.17) is 10.9 Å². The minimum Gasteiger partial charge on any atom is -0.409 e. The molecule has 0 heterocycles. The predicted molar refractivity (Wildman–Crippen MR) is 69.1 cm³/mol. The molecule has 0 unspecified atom stereocenters. The molecule has 6 nitrogen and oxygen atoms in total. The molecule has 0 saturated heterocycles. The van der Waals surface area contributed by atoms with E-state index in [1.807, 2.05) is 18.7 Å². The van der Waals surface area contributed by atoms with Crippen molar-refractivity contribution in [2.75, 3.05) is 31.1 Å². The highest BCUT2D eigenvalue weighted by molar-refractivity contribution is 7.91. The fraction of sp³-hybridized carbons (Fsp3) is 0.900. The van der Waals surface area contributed by atoms with Gasteiger partial charge in [0.05, 0.1) is 5.75 Å². The van der Waals surface area contributed by atoms with Gasteiger partial charge in [0.1, 0.15) is 5.84 Å². The number of nitrogens with two attached hydrogens (primary N) is 1. The van der Waals surface area contributed by atoms with Crippen LogP contribution in [0.15, 0.2) is 5.16 Å². The van der Waals surface area contributed by atoms with Crippen LogP contribution in [-0.4, -0.2) is 55.5 Å². The Hall–Kier alpha value is -0.820. The Kier molecular flexibility index (Phi) is 7.90. The summed E-state index contributed by atoms with van der Waals surface area (Å²) in [4.78, 5) is 1.98. The first kappa shape index (κ1) is 16.2. The summed E-state index contributed by atoms with van der Waals surface area (Å²) in [5.41, 5.74) is 5.36. The Bertz CT molecular complexity index is 328. The molecule has 0 spiro atoms. The van der Waals surface area contributed by atoms with Crippen LogP contribution in [0.4, 0.5) is 0 Å². The Balaban J connectivity index is 4.06. The van der Waals surface area contributed by atoms with Crippen LogP contribution in [0.3, 0.4) is 0 Å². The van der Waals surface area contributed by atoms with Crippen molar-refractivity contribution in [3.05, 3.63) is 0 Å². The van der Waals surface area contributed by atoms with Crippen LogP contribution in [0.25, 0.3) is 0 Å². The van der Waals surface area contributed by atoms with E-state index in [1.165, 1.54) is 0 Å². The second-order valence-corrected chi connectivity index (χ2v) is 6.23. The van der Waals surface area contributed by atoms with Gasteiger partial charge in [0.25, 0.3) is 0 Å². The summed E-state index contributed by atoms with van der Waals surface area (Å²) in [6.45, 7) is 5.66. The first-order valence-electron chi connectivity index (χ1n) is 5.84. The Morgan fingerprint density at radius 1 is 1.29 bits per heavy atom. The quantitative estimate of drug-likeness (QED) is 0.270. The molecule has 0 saturated carbocycles. The summed E-state index contributed by atoms with van der Waals surface area (Å²) in [7, 11) is -2.93. The molecule has 0 bridgehead atoms. The van der Waals surface area contributed by atoms with E-state index in [2.05, 4.69) is 5.16 Å². The third kappa shape index (κ3) is 7.98. The highest BCUT2D eigenvalue weighted by Crippen LogP contribution is 1.98. The lowest BCUT2D eigenvalue weighted by atomic mass is 10.3. The first-order chi connectivity index (χ1) is 7.95. The molecule has 102 valence electrons. The average molecular weight is 265 g/mol. The smallest absolute Gasteiger partial charge is 0.151 e. The molecule has 0 fully saturated rings. The van der Waals surface area contributed by atoms with Gasteiger partial charge in [-0.05, 0) is 13.0 Å². The van der Waals surface area contributed by atoms with Crippen LogP contribution in [0, 0.1) is 0 Å². The lowest BCUT2D eigenvalue weighted by Gasteiger charge is -2.19. The summed E-state index contributed by atoms with van der Waals surface area (Å²) in [5, 5.41) is 11.3. The van der Waals surface area contributed by atoms with E-state index in [0.29, 0.717) is 25.9 Å². The molecule has 17 heavy (non-hydrogen) atoms. The predicted octanol–water partition coefficient (Wildman–Crippen LogP) is 0.270. The molecule has 3 N–H and O–H groups in total.